The summed E-state index contributed by atoms with van der Waals surface area (Å²) in [5, 5.41) is 19.2. The molecule has 0 amide bonds. The molecule has 1 saturated carbocycles. The molecule has 1 aromatic heterocycles. The number of nitriles is 1. The van der Waals surface area contributed by atoms with Gasteiger partial charge in [-0.25, -0.2) is 4.98 Å². The lowest BCUT2D eigenvalue weighted by atomic mass is 10.1. The van der Waals surface area contributed by atoms with Crippen molar-refractivity contribution in [2.45, 2.75) is 50.7 Å². The zero-order valence-corrected chi connectivity index (χ0v) is 18.9. The summed E-state index contributed by atoms with van der Waals surface area (Å²) in [6, 6.07) is 19.5. The van der Waals surface area contributed by atoms with E-state index in [9.17, 15) is 5.26 Å². The van der Waals surface area contributed by atoms with Crippen molar-refractivity contribution in [3.8, 4) is 6.07 Å². The number of nitrogens with zero attached hydrogens (tertiary/aromatic N) is 3. The number of hydrogen-bond donors (Lipinski definition) is 2. The van der Waals surface area contributed by atoms with E-state index >= 15 is 0 Å². The van der Waals surface area contributed by atoms with Crippen LogP contribution in [-0.4, -0.2) is 30.2 Å². The minimum atomic E-state index is 0.474. The molecule has 0 bridgehead atoms. The first-order valence-corrected chi connectivity index (χ1v) is 11.9. The van der Waals surface area contributed by atoms with Crippen LogP contribution in [0.4, 0.5) is 11.5 Å². The van der Waals surface area contributed by atoms with Gasteiger partial charge < -0.3 is 15.5 Å². The molecule has 1 aliphatic carbocycles. The lowest BCUT2D eigenvalue weighted by Gasteiger charge is -2.24. The fourth-order valence-electron chi connectivity index (χ4n) is 5.07. The van der Waals surface area contributed by atoms with E-state index in [4.69, 9.17) is 16.6 Å². The maximum absolute atomic E-state index is 10.2. The number of nitrogens with one attached hydrogen (secondary N) is 2. The zero-order valence-electron chi connectivity index (χ0n) is 18.1. The predicted octanol–water partition coefficient (Wildman–Crippen LogP) is 5.48. The quantitative estimate of drug-likeness (QED) is 0.525. The number of benzene rings is 2. The minimum Gasteiger partial charge on any atom is -0.368 e. The highest BCUT2D eigenvalue weighted by Crippen LogP contribution is 2.36. The molecule has 2 N–H and O–H groups in total. The van der Waals surface area contributed by atoms with Crippen LogP contribution in [0.5, 0.6) is 0 Å². The topological polar surface area (TPSA) is 64.0 Å². The smallest absolute Gasteiger partial charge is 0.147 e. The largest absolute Gasteiger partial charge is 0.368 e. The Hall–Kier alpha value is -2.81. The third kappa shape index (κ3) is 4.39. The van der Waals surface area contributed by atoms with Crippen LogP contribution in [0.2, 0.25) is 5.02 Å². The molecule has 1 atom stereocenters. The number of aromatic nitrogens is 1. The Bertz CT molecular complexity index is 1130. The fourth-order valence-corrected chi connectivity index (χ4v) is 5.20. The maximum Gasteiger partial charge on any atom is 0.147 e. The molecule has 1 aliphatic heterocycles. The number of anilines is 2. The molecule has 0 spiro atoms. The maximum atomic E-state index is 10.2. The van der Waals surface area contributed by atoms with E-state index in [-0.39, 0.29) is 0 Å². The summed E-state index contributed by atoms with van der Waals surface area (Å²) in [7, 11) is 0. The van der Waals surface area contributed by atoms with Crippen LogP contribution in [-0.2, 0) is 6.54 Å². The van der Waals surface area contributed by atoms with Crippen molar-refractivity contribution < 1.29 is 0 Å². The van der Waals surface area contributed by atoms with Gasteiger partial charge in [-0.1, -0.05) is 54.8 Å². The van der Waals surface area contributed by atoms with E-state index < -0.39 is 0 Å². The first kappa shape index (κ1) is 21.1. The molecule has 32 heavy (non-hydrogen) atoms. The van der Waals surface area contributed by atoms with Gasteiger partial charge >= 0.3 is 0 Å². The molecule has 6 heteroatoms. The van der Waals surface area contributed by atoms with Crippen molar-refractivity contribution in [2.75, 3.05) is 23.3 Å². The van der Waals surface area contributed by atoms with E-state index in [2.05, 4.69) is 27.7 Å². The lowest BCUT2D eigenvalue weighted by molar-refractivity contribution is 0.451. The van der Waals surface area contributed by atoms with Crippen LogP contribution in [0.25, 0.3) is 10.9 Å². The van der Waals surface area contributed by atoms with E-state index in [0.29, 0.717) is 35.0 Å². The summed E-state index contributed by atoms with van der Waals surface area (Å²) in [4.78, 5) is 7.19. The predicted molar refractivity (Wildman–Crippen MR) is 131 cm³/mol. The second-order valence-corrected chi connectivity index (χ2v) is 9.31. The number of para-hydroxylation sites is 1. The van der Waals surface area contributed by atoms with E-state index in [1.807, 2.05) is 42.5 Å². The standard InChI is InChI=1S/C26H28ClN5/c27-19-11-9-18(10-12-19)16-29-26-23(15-28)25(22-7-3-4-8-24(22)31-26)32-14-13-21(17-32)30-20-5-1-2-6-20/h3-4,7-12,20-21,30H,1-2,5-6,13-14,16-17H2,(H,29,31). The van der Waals surface area contributed by atoms with Gasteiger partial charge in [0.25, 0.3) is 0 Å². The summed E-state index contributed by atoms with van der Waals surface area (Å²) in [5.41, 5.74) is 3.63. The molecule has 1 unspecified atom stereocenters. The molecule has 2 aliphatic rings. The van der Waals surface area contributed by atoms with Crippen molar-refractivity contribution in [3.05, 3.63) is 64.7 Å². The Kier molecular flexibility index (Phi) is 6.16. The van der Waals surface area contributed by atoms with Crippen LogP contribution in [0.1, 0.15) is 43.2 Å². The highest BCUT2D eigenvalue weighted by molar-refractivity contribution is 6.30. The second-order valence-electron chi connectivity index (χ2n) is 8.87. The number of halogens is 1. The van der Waals surface area contributed by atoms with Crippen molar-refractivity contribution in [2.24, 2.45) is 0 Å². The van der Waals surface area contributed by atoms with Gasteiger partial charge in [-0.05, 0) is 43.0 Å². The highest BCUT2D eigenvalue weighted by atomic mass is 35.5. The summed E-state index contributed by atoms with van der Waals surface area (Å²) >= 11 is 6.01. The molecule has 5 nitrogen and oxygen atoms in total. The van der Waals surface area contributed by atoms with Crippen molar-refractivity contribution in [3.63, 3.8) is 0 Å². The Labute approximate surface area is 194 Å². The molecule has 2 heterocycles. The van der Waals surface area contributed by atoms with Crippen LogP contribution in [0.3, 0.4) is 0 Å². The summed E-state index contributed by atoms with van der Waals surface area (Å²) in [5.74, 6) is 0.642. The minimum absolute atomic E-state index is 0.474. The molecule has 3 aromatic rings. The van der Waals surface area contributed by atoms with Gasteiger partial charge in [0.1, 0.15) is 17.5 Å². The van der Waals surface area contributed by atoms with Gasteiger partial charge in [0.05, 0.1) is 11.2 Å². The Balaban J connectivity index is 1.44. The highest BCUT2D eigenvalue weighted by Gasteiger charge is 2.29. The molecule has 1 saturated heterocycles. The molecule has 164 valence electrons. The van der Waals surface area contributed by atoms with Crippen LogP contribution in [0, 0.1) is 11.3 Å². The van der Waals surface area contributed by atoms with Gasteiger partial charge in [0.2, 0.25) is 0 Å². The summed E-state index contributed by atoms with van der Waals surface area (Å²) < 4.78 is 0. The van der Waals surface area contributed by atoms with Gasteiger partial charge in [0.15, 0.2) is 0 Å². The SMILES string of the molecule is N#Cc1c(NCc2ccc(Cl)cc2)nc2ccccc2c1N1CCC(NC2CCCC2)C1. The van der Waals surface area contributed by atoms with E-state index in [1.165, 1.54) is 25.7 Å². The molecule has 0 radical (unpaired) electrons. The number of hydrogen-bond acceptors (Lipinski definition) is 5. The van der Waals surface area contributed by atoms with E-state index in [1.54, 1.807) is 0 Å². The first-order valence-electron chi connectivity index (χ1n) is 11.5. The molecule has 2 fully saturated rings. The lowest BCUT2D eigenvalue weighted by Crippen LogP contribution is -2.38. The normalized spacial score (nSPS) is 18.9. The monoisotopic (exact) mass is 445 g/mol. The van der Waals surface area contributed by atoms with Crippen LogP contribution < -0.4 is 15.5 Å². The van der Waals surface area contributed by atoms with Crippen molar-refractivity contribution in [1.82, 2.24) is 10.3 Å². The summed E-state index contributed by atoms with van der Waals surface area (Å²) in [6.07, 6.45) is 6.36. The molecule has 5 rings (SSSR count). The fraction of sp³-hybridized carbons (Fsp3) is 0.385. The van der Waals surface area contributed by atoms with Gasteiger partial charge in [-0.15, -0.1) is 0 Å². The molecular formula is C26H28ClN5. The summed E-state index contributed by atoms with van der Waals surface area (Å²) in [6.45, 7) is 2.46. The molecular weight excluding hydrogens is 418 g/mol. The van der Waals surface area contributed by atoms with Crippen LogP contribution in [0.15, 0.2) is 48.5 Å². The van der Waals surface area contributed by atoms with Crippen LogP contribution >= 0.6 is 11.6 Å². The Morgan fingerprint density at radius 2 is 1.81 bits per heavy atom. The Morgan fingerprint density at radius 1 is 1.03 bits per heavy atom. The first-order chi connectivity index (χ1) is 15.7. The van der Waals surface area contributed by atoms with E-state index in [0.717, 1.165) is 41.7 Å². The number of fused-ring (bicyclic) bond motifs is 1. The van der Waals surface area contributed by atoms with Crippen molar-refractivity contribution >= 4 is 34.0 Å². The average Bonchev–Trinajstić information content (AvgIpc) is 3.50. The van der Waals surface area contributed by atoms with Crippen molar-refractivity contribution in [1.29, 1.82) is 5.26 Å². The average molecular weight is 446 g/mol. The Morgan fingerprint density at radius 3 is 2.59 bits per heavy atom. The molecule has 2 aromatic carbocycles. The third-order valence-corrected chi connectivity index (χ3v) is 6.93. The van der Waals surface area contributed by atoms with Gasteiger partial charge in [-0.2, -0.15) is 5.26 Å². The van der Waals surface area contributed by atoms with Gasteiger partial charge in [-0.3, -0.25) is 0 Å². The zero-order chi connectivity index (χ0) is 21.9. The number of pyridine rings is 1. The second kappa shape index (κ2) is 9.36. The third-order valence-electron chi connectivity index (χ3n) is 6.68. The number of rotatable bonds is 6. The van der Waals surface area contributed by atoms with Gasteiger partial charge in [0, 0.05) is 42.1 Å².